The van der Waals surface area contributed by atoms with Crippen LogP contribution in [0, 0.1) is 0 Å². The molecule has 0 aromatic carbocycles. The van der Waals surface area contributed by atoms with Crippen molar-refractivity contribution in [2.45, 2.75) is 30.4 Å². The second-order valence-corrected chi connectivity index (χ2v) is 9.33. The Balaban J connectivity index is 2.56. The second kappa shape index (κ2) is 4.94. The standard InChI is InChI=1S/C11H13BrO4S2/c12-9-4-3-8(17-9)11(7-10(13)14)5-1-2-6-18(11,15)16/h3-4H,1-2,5-7H2,(H,13,14). The van der Waals surface area contributed by atoms with Crippen LogP contribution in [0.1, 0.15) is 30.6 Å². The van der Waals surface area contributed by atoms with E-state index in [2.05, 4.69) is 15.9 Å². The van der Waals surface area contributed by atoms with Gasteiger partial charge in [-0.25, -0.2) is 8.42 Å². The number of carboxylic acids is 1. The minimum absolute atomic E-state index is 0.0792. The molecule has 1 aromatic rings. The lowest BCUT2D eigenvalue weighted by atomic mass is 9.95. The van der Waals surface area contributed by atoms with Gasteiger partial charge in [0.05, 0.1) is 16.0 Å². The number of aliphatic carboxylic acids is 1. The average Bonchev–Trinajstić information content (AvgIpc) is 2.68. The van der Waals surface area contributed by atoms with Crippen molar-refractivity contribution < 1.29 is 18.3 Å². The molecule has 4 nitrogen and oxygen atoms in total. The van der Waals surface area contributed by atoms with Gasteiger partial charge in [-0.1, -0.05) is 6.42 Å². The minimum atomic E-state index is -3.41. The van der Waals surface area contributed by atoms with E-state index in [-0.39, 0.29) is 12.2 Å². The minimum Gasteiger partial charge on any atom is -0.481 e. The zero-order valence-corrected chi connectivity index (χ0v) is 12.8. The molecule has 1 unspecified atom stereocenters. The van der Waals surface area contributed by atoms with Gasteiger partial charge in [0.2, 0.25) is 0 Å². The van der Waals surface area contributed by atoms with Gasteiger partial charge >= 0.3 is 5.97 Å². The van der Waals surface area contributed by atoms with E-state index in [1.54, 1.807) is 12.1 Å². The fraction of sp³-hybridized carbons (Fsp3) is 0.545. The third-order valence-corrected chi connectivity index (χ3v) is 7.84. The Hall–Kier alpha value is -0.400. The molecule has 7 heteroatoms. The molecule has 100 valence electrons. The molecule has 1 saturated heterocycles. The Bertz CT molecular complexity index is 563. The summed E-state index contributed by atoms with van der Waals surface area (Å²) in [4.78, 5) is 11.7. The van der Waals surface area contributed by atoms with Crippen molar-refractivity contribution in [3.63, 3.8) is 0 Å². The first-order valence-corrected chi connectivity index (χ1v) is 8.83. The molecule has 0 spiro atoms. The first-order chi connectivity index (χ1) is 8.37. The Morgan fingerprint density at radius 3 is 2.67 bits per heavy atom. The van der Waals surface area contributed by atoms with Crippen molar-refractivity contribution in [1.82, 2.24) is 0 Å². The predicted molar refractivity (Wildman–Crippen MR) is 73.6 cm³/mol. The van der Waals surface area contributed by atoms with Crippen LogP contribution < -0.4 is 0 Å². The van der Waals surface area contributed by atoms with Crippen molar-refractivity contribution in [3.05, 3.63) is 20.8 Å². The smallest absolute Gasteiger partial charge is 0.305 e. The molecule has 1 atom stereocenters. The molecular weight excluding hydrogens is 340 g/mol. The number of rotatable bonds is 3. The highest BCUT2D eigenvalue weighted by Gasteiger charge is 2.49. The van der Waals surface area contributed by atoms with Crippen molar-refractivity contribution in [2.75, 3.05) is 5.75 Å². The van der Waals surface area contributed by atoms with Crippen LogP contribution in [0.25, 0.3) is 0 Å². The van der Waals surface area contributed by atoms with E-state index >= 15 is 0 Å². The zero-order chi connectivity index (χ0) is 13.4. The summed E-state index contributed by atoms with van der Waals surface area (Å²) in [5.41, 5.74) is 0. The van der Waals surface area contributed by atoms with E-state index in [0.717, 1.165) is 10.2 Å². The van der Waals surface area contributed by atoms with Crippen molar-refractivity contribution in [2.24, 2.45) is 0 Å². The van der Waals surface area contributed by atoms with E-state index < -0.39 is 20.6 Å². The molecule has 2 rings (SSSR count). The van der Waals surface area contributed by atoms with Crippen LogP contribution in [0.2, 0.25) is 0 Å². The van der Waals surface area contributed by atoms with Gasteiger partial charge in [-0.2, -0.15) is 0 Å². The zero-order valence-electron chi connectivity index (χ0n) is 9.56. The highest BCUT2D eigenvalue weighted by atomic mass is 79.9. The predicted octanol–water partition coefficient (Wildman–Crippen LogP) is 2.78. The summed E-state index contributed by atoms with van der Waals surface area (Å²) in [6.07, 6.45) is 1.43. The molecule has 2 heterocycles. The van der Waals surface area contributed by atoms with Crippen LogP contribution in [-0.2, 0) is 19.4 Å². The number of hydrogen-bond acceptors (Lipinski definition) is 4. The van der Waals surface area contributed by atoms with Crippen molar-refractivity contribution >= 4 is 43.1 Å². The lowest BCUT2D eigenvalue weighted by Crippen LogP contribution is -2.41. The molecular formula is C11H13BrO4S2. The van der Waals surface area contributed by atoms with Gasteiger partial charge in [-0.3, -0.25) is 4.79 Å². The summed E-state index contributed by atoms with van der Waals surface area (Å²) in [7, 11) is -3.41. The molecule has 0 radical (unpaired) electrons. The van der Waals surface area contributed by atoms with Gasteiger partial charge in [-0.05, 0) is 40.9 Å². The number of halogens is 1. The van der Waals surface area contributed by atoms with Gasteiger partial charge in [0.25, 0.3) is 0 Å². The summed E-state index contributed by atoms with van der Waals surface area (Å²) < 4.78 is 24.3. The molecule has 0 bridgehead atoms. The Kier molecular flexibility index (Phi) is 3.85. The Morgan fingerprint density at radius 2 is 2.17 bits per heavy atom. The third-order valence-electron chi connectivity index (χ3n) is 3.30. The molecule has 0 aliphatic carbocycles. The Labute approximate surface area is 118 Å². The van der Waals surface area contributed by atoms with Crippen LogP contribution in [0.15, 0.2) is 15.9 Å². The number of carboxylic acid groups (broad SMARTS) is 1. The SMILES string of the molecule is O=C(O)CC1(c2ccc(Br)s2)CCCCS1(=O)=O. The first kappa shape index (κ1) is 14.0. The maximum absolute atomic E-state index is 12.4. The van der Waals surface area contributed by atoms with Gasteiger partial charge < -0.3 is 5.11 Å². The van der Waals surface area contributed by atoms with Crippen LogP contribution >= 0.6 is 27.3 Å². The van der Waals surface area contributed by atoms with Crippen LogP contribution in [-0.4, -0.2) is 25.2 Å². The molecule has 1 fully saturated rings. The quantitative estimate of drug-likeness (QED) is 0.907. The number of thiophene rings is 1. The highest BCUT2D eigenvalue weighted by molar-refractivity contribution is 9.11. The number of hydrogen-bond donors (Lipinski definition) is 1. The van der Waals surface area contributed by atoms with Gasteiger partial charge in [0, 0.05) is 4.88 Å². The maximum Gasteiger partial charge on any atom is 0.305 e. The van der Waals surface area contributed by atoms with Gasteiger partial charge in [0.1, 0.15) is 4.75 Å². The van der Waals surface area contributed by atoms with Crippen LogP contribution in [0.3, 0.4) is 0 Å². The molecule has 1 aromatic heterocycles. The van der Waals surface area contributed by atoms with E-state index in [4.69, 9.17) is 5.11 Å². The monoisotopic (exact) mass is 352 g/mol. The molecule has 1 aliphatic rings. The number of carbonyl (C=O) groups is 1. The number of sulfone groups is 1. The molecule has 1 N–H and O–H groups in total. The first-order valence-electron chi connectivity index (χ1n) is 5.57. The summed E-state index contributed by atoms with van der Waals surface area (Å²) >= 11 is 4.61. The van der Waals surface area contributed by atoms with Crippen LogP contribution in [0.5, 0.6) is 0 Å². The van der Waals surface area contributed by atoms with Gasteiger partial charge in [-0.15, -0.1) is 11.3 Å². The summed E-state index contributed by atoms with van der Waals surface area (Å²) in [6.45, 7) is 0. The largest absolute Gasteiger partial charge is 0.481 e. The molecule has 1 aliphatic heterocycles. The van der Waals surface area contributed by atoms with E-state index in [0.29, 0.717) is 17.7 Å². The lowest BCUT2D eigenvalue weighted by Gasteiger charge is -2.34. The second-order valence-electron chi connectivity index (χ2n) is 4.44. The molecule has 0 amide bonds. The highest BCUT2D eigenvalue weighted by Crippen LogP contribution is 2.46. The van der Waals surface area contributed by atoms with Crippen molar-refractivity contribution in [3.8, 4) is 0 Å². The average molecular weight is 353 g/mol. The van der Waals surface area contributed by atoms with E-state index in [1.165, 1.54) is 11.3 Å². The summed E-state index contributed by atoms with van der Waals surface area (Å²) in [6, 6.07) is 3.49. The third kappa shape index (κ3) is 2.35. The summed E-state index contributed by atoms with van der Waals surface area (Å²) in [5, 5.41) is 9.06. The van der Waals surface area contributed by atoms with Crippen LogP contribution in [0.4, 0.5) is 0 Å². The molecule has 18 heavy (non-hydrogen) atoms. The Morgan fingerprint density at radius 1 is 1.44 bits per heavy atom. The van der Waals surface area contributed by atoms with E-state index in [1.807, 2.05) is 0 Å². The lowest BCUT2D eigenvalue weighted by molar-refractivity contribution is -0.137. The summed E-state index contributed by atoms with van der Waals surface area (Å²) in [5.74, 6) is -0.986. The topological polar surface area (TPSA) is 71.4 Å². The maximum atomic E-state index is 12.4. The fourth-order valence-electron chi connectivity index (χ4n) is 2.42. The molecule has 0 saturated carbocycles. The van der Waals surface area contributed by atoms with E-state index in [9.17, 15) is 13.2 Å². The fourth-order valence-corrected chi connectivity index (χ4v) is 6.57. The normalized spacial score (nSPS) is 26.9. The van der Waals surface area contributed by atoms with Gasteiger partial charge in [0.15, 0.2) is 9.84 Å². The van der Waals surface area contributed by atoms with Crippen molar-refractivity contribution in [1.29, 1.82) is 0 Å².